The van der Waals surface area contributed by atoms with Crippen LogP contribution in [0.25, 0.3) is 11.4 Å². The molecule has 0 aliphatic rings. The van der Waals surface area contributed by atoms with Gasteiger partial charge in [0.15, 0.2) is 11.0 Å². The van der Waals surface area contributed by atoms with E-state index in [0.29, 0.717) is 0 Å². The number of aryl methyl sites for hydroxylation is 1. The van der Waals surface area contributed by atoms with Crippen LogP contribution in [0.3, 0.4) is 0 Å². The van der Waals surface area contributed by atoms with Crippen molar-refractivity contribution in [2.24, 2.45) is 0 Å². The quantitative estimate of drug-likeness (QED) is 0.657. The van der Waals surface area contributed by atoms with Crippen molar-refractivity contribution in [2.75, 3.05) is 5.32 Å². The molecule has 3 aromatic rings. The highest BCUT2D eigenvalue weighted by Crippen LogP contribution is 2.27. The Morgan fingerprint density at radius 3 is 2.50 bits per heavy atom. The highest BCUT2D eigenvalue weighted by atomic mass is 32.2. The zero-order valence-electron chi connectivity index (χ0n) is 15.1. The molecule has 0 saturated heterocycles. The van der Waals surface area contributed by atoms with Gasteiger partial charge in [0.2, 0.25) is 5.91 Å². The second kappa shape index (κ2) is 8.19. The average Bonchev–Trinajstić information content (AvgIpc) is 3.06. The van der Waals surface area contributed by atoms with Crippen molar-refractivity contribution in [1.82, 2.24) is 14.8 Å². The van der Waals surface area contributed by atoms with Gasteiger partial charge >= 0.3 is 0 Å². The Labute approximate surface area is 157 Å². The lowest BCUT2D eigenvalue weighted by Gasteiger charge is -2.14. The Morgan fingerprint density at radius 1 is 1.12 bits per heavy atom. The molecule has 1 amide bonds. The molecule has 1 aromatic heterocycles. The van der Waals surface area contributed by atoms with Crippen molar-refractivity contribution in [3.63, 3.8) is 0 Å². The molecule has 3 rings (SSSR count). The lowest BCUT2D eigenvalue weighted by molar-refractivity contribution is -0.115. The van der Waals surface area contributed by atoms with Gasteiger partial charge in [-0.15, -0.1) is 10.2 Å². The van der Waals surface area contributed by atoms with Crippen molar-refractivity contribution in [2.45, 2.75) is 37.7 Å². The third-order valence-electron chi connectivity index (χ3n) is 4.12. The molecule has 0 fully saturated rings. The van der Waals surface area contributed by atoms with Crippen molar-refractivity contribution >= 4 is 23.4 Å². The number of rotatable bonds is 6. The second-order valence-corrected chi connectivity index (χ2v) is 7.29. The van der Waals surface area contributed by atoms with Crippen LogP contribution in [0.1, 0.15) is 19.4 Å². The number of amides is 1. The van der Waals surface area contributed by atoms with Crippen LogP contribution in [0.5, 0.6) is 0 Å². The van der Waals surface area contributed by atoms with E-state index in [1.807, 2.05) is 73.0 Å². The first-order valence-electron chi connectivity index (χ1n) is 8.62. The average molecular weight is 366 g/mol. The van der Waals surface area contributed by atoms with E-state index in [0.717, 1.165) is 34.3 Å². The predicted octanol–water partition coefficient (Wildman–Crippen LogP) is 4.39. The largest absolute Gasteiger partial charge is 0.325 e. The van der Waals surface area contributed by atoms with Crippen LogP contribution in [0.4, 0.5) is 5.69 Å². The molecule has 2 aromatic carbocycles. The molecule has 26 heavy (non-hydrogen) atoms. The van der Waals surface area contributed by atoms with Crippen LogP contribution in [0.15, 0.2) is 59.8 Å². The number of carbonyl (C=O) groups excluding carboxylic acids is 1. The number of thioether (sulfide) groups is 1. The van der Waals surface area contributed by atoms with E-state index in [2.05, 4.69) is 22.4 Å². The van der Waals surface area contributed by atoms with E-state index in [4.69, 9.17) is 0 Å². The summed E-state index contributed by atoms with van der Waals surface area (Å²) in [6.07, 6.45) is 0. The lowest BCUT2D eigenvalue weighted by Crippen LogP contribution is -2.23. The SMILES string of the molecule is CCn1c(SC(C)C(=O)Nc2ccccc2C)nnc1-c1ccccc1. The standard InChI is InChI=1S/C20H22N4OS/c1-4-24-18(16-11-6-5-7-12-16)22-23-20(24)26-15(3)19(25)21-17-13-9-8-10-14(17)2/h5-13,15H,4H2,1-3H3,(H,21,25). The van der Waals surface area contributed by atoms with E-state index < -0.39 is 0 Å². The predicted molar refractivity (Wildman–Crippen MR) is 106 cm³/mol. The van der Waals surface area contributed by atoms with E-state index in [1.54, 1.807) is 0 Å². The number of aromatic nitrogens is 3. The molecule has 0 spiro atoms. The van der Waals surface area contributed by atoms with Crippen LogP contribution >= 0.6 is 11.8 Å². The molecule has 0 aliphatic heterocycles. The van der Waals surface area contributed by atoms with Crippen molar-refractivity contribution in [3.8, 4) is 11.4 Å². The lowest BCUT2D eigenvalue weighted by atomic mass is 10.2. The van der Waals surface area contributed by atoms with Gasteiger partial charge in [0.05, 0.1) is 5.25 Å². The summed E-state index contributed by atoms with van der Waals surface area (Å²) in [5, 5.41) is 12.1. The highest BCUT2D eigenvalue weighted by molar-refractivity contribution is 8.00. The van der Waals surface area contributed by atoms with Gasteiger partial charge in [-0.3, -0.25) is 4.79 Å². The number of carbonyl (C=O) groups is 1. The van der Waals surface area contributed by atoms with E-state index in [1.165, 1.54) is 11.8 Å². The number of hydrogen-bond acceptors (Lipinski definition) is 4. The zero-order chi connectivity index (χ0) is 18.5. The van der Waals surface area contributed by atoms with Crippen LogP contribution in [0.2, 0.25) is 0 Å². The molecular weight excluding hydrogens is 344 g/mol. The van der Waals surface area contributed by atoms with Gasteiger partial charge < -0.3 is 9.88 Å². The summed E-state index contributed by atoms with van der Waals surface area (Å²) in [4.78, 5) is 12.6. The zero-order valence-corrected chi connectivity index (χ0v) is 16.0. The minimum absolute atomic E-state index is 0.0452. The van der Waals surface area contributed by atoms with Gasteiger partial charge in [-0.1, -0.05) is 60.3 Å². The molecule has 6 heteroatoms. The minimum Gasteiger partial charge on any atom is -0.325 e. The summed E-state index contributed by atoms with van der Waals surface area (Å²) in [5.41, 5.74) is 2.90. The molecule has 0 saturated carbocycles. The molecule has 1 heterocycles. The normalized spacial score (nSPS) is 12.0. The van der Waals surface area contributed by atoms with Gasteiger partial charge in [-0.25, -0.2) is 0 Å². The Balaban J connectivity index is 1.75. The topological polar surface area (TPSA) is 59.8 Å². The van der Waals surface area contributed by atoms with E-state index in [9.17, 15) is 4.79 Å². The van der Waals surface area contributed by atoms with Gasteiger partial charge in [0, 0.05) is 17.8 Å². The molecule has 1 unspecified atom stereocenters. The summed E-state index contributed by atoms with van der Waals surface area (Å²) in [6, 6.07) is 17.7. The number of para-hydroxylation sites is 1. The first-order valence-corrected chi connectivity index (χ1v) is 9.50. The van der Waals surface area contributed by atoms with Crippen molar-refractivity contribution in [1.29, 1.82) is 0 Å². The molecule has 134 valence electrons. The monoisotopic (exact) mass is 366 g/mol. The van der Waals surface area contributed by atoms with Crippen LogP contribution in [0, 0.1) is 6.92 Å². The van der Waals surface area contributed by atoms with Crippen molar-refractivity contribution in [3.05, 3.63) is 60.2 Å². The maximum atomic E-state index is 12.6. The molecule has 0 radical (unpaired) electrons. The number of benzene rings is 2. The summed E-state index contributed by atoms with van der Waals surface area (Å²) in [7, 11) is 0. The van der Waals surface area contributed by atoms with Gasteiger partial charge in [0.1, 0.15) is 0 Å². The fourth-order valence-electron chi connectivity index (χ4n) is 2.62. The third-order valence-corrected chi connectivity index (χ3v) is 5.20. The Morgan fingerprint density at radius 2 is 1.81 bits per heavy atom. The summed E-state index contributed by atoms with van der Waals surface area (Å²) < 4.78 is 2.04. The summed E-state index contributed by atoms with van der Waals surface area (Å²) in [5.74, 6) is 0.776. The number of nitrogens with zero attached hydrogens (tertiary/aromatic N) is 3. The smallest absolute Gasteiger partial charge is 0.237 e. The fraction of sp³-hybridized carbons (Fsp3) is 0.250. The van der Waals surface area contributed by atoms with Crippen LogP contribution in [-0.2, 0) is 11.3 Å². The van der Waals surface area contributed by atoms with Crippen molar-refractivity contribution < 1.29 is 4.79 Å². The molecule has 0 aliphatic carbocycles. The summed E-state index contributed by atoms with van der Waals surface area (Å²) >= 11 is 1.42. The third kappa shape index (κ3) is 3.96. The first-order chi connectivity index (χ1) is 12.6. The maximum absolute atomic E-state index is 12.6. The fourth-order valence-corrected chi connectivity index (χ4v) is 3.53. The molecule has 1 N–H and O–H groups in total. The molecule has 5 nitrogen and oxygen atoms in total. The maximum Gasteiger partial charge on any atom is 0.237 e. The first kappa shape index (κ1) is 18.2. The molecule has 1 atom stereocenters. The van der Waals surface area contributed by atoms with Crippen LogP contribution < -0.4 is 5.32 Å². The molecule has 0 bridgehead atoms. The summed E-state index contributed by atoms with van der Waals surface area (Å²) in [6.45, 7) is 6.66. The van der Waals surface area contributed by atoms with Gasteiger partial charge in [-0.2, -0.15) is 0 Å². The van der Waals surface area contributed by atoms with E-state index >= 15 is 0 Å². The van der Waals surface area contributed by atoms with E-state index in [-0.39, 0.29) is 11.2 Å². The van der Waals surface area contributed by atoms with Crippen LogP contribution in [-0.4, -0.2) is 25.9 Å². The minimum atomic E-state index is -0.285. The Kier molecular flexibility index (Phi) is 5.73. The second-order valence-electron chi connectivity index (χ2n) is 5.98. The Bertz CT molecular complexity index is 892. The number of anilines is 1. The van der Waals surface area contributed by atoms with Gasteiger partial charge in [0.25, 0.3) is 0 Å². The number of hydrogen-bond donors (Lipinski definition) is 1. The van der Waals surface area contributed by atoms with Gasteiger partial charge in [-0.05, 0) is 32.4 Å². The number of nitrogens with one attached hydrogen (secondary N) is 1. The Hall–Kier alpha value is -2.60. The molecular formula is C20H22N4OS. The highest BCUT2D eigenvalue weighted by Gasteiger charge is 2.20.